The molecule has 12 rings (SSSR count). The van der Waals surface area contributed by atoms with E-state index >= 15 is 4.39 Å². The van der Waals surface area contributed by atoms with Gasteiger partial charge in [-0.1, -0.05) is 35.9 Å². The molecule has 0 aliphatic carbocycles. The average molecular weight is 1110 g/mol. The van der Waals surface area contributed by atoms with Crippen molar-refractivity contribution in [2.45, 2.75) is 64.9 Å². The number of likely N-dealkylation sites (tertiary alicyclic amines) is 1. The molecule has 8 aromatic heterocycles. The minimum atomic E-state index is -0.828. The second-order valence-corrected chi connectivity index (χ2v) is 20.5. The minimum Gasteiger partial charge on any atom is -0.462 e. The number of imidazole rings is 2. The Morgan fingerprint density at radius 2 is 1.14 bits per heavy atom. The Bertz CT molecular complexity index is 4180. The van der Waals surface area contributed by atoms with Crippen LogP contribution in [0.25, 0.3) is 55.4 Å². The lowest BCUT2D eigenvalue weighted by Gasteiger charge is -2.24. The van der Waals surface area contributed by atoms with Gasteiger partial charge in [0.2, 0.25) is 10.9 Å². The maximum Gasteiger partial charge on any atom is 0.410 e. The van der Waals surface area contributed by atoms with E-state index in [0.29, 0.717) is 42.1 Å². The van der Waals surface area contributed by atoms with Gasteiger partial charge < -0.3 is 33.1 Å². The molecule has 20 nitrogen and oxygen atoms in total. The van der Waals surface area contributed by atoms with Gasteiger partial charge in [0.25, 0.3) is 0 Å². The number of ether oxygens (including phenoxy) is 3. The van der Waals surface area contributed by atoms with E-state index in [9.17, 15) is 28.4 Å². The maximum atomic E-state index is 15.5. The van der Waals surface area contributed by atoms with Crippen LogP contribution in [0.4, 0.5) is 19.4 Å². The fourth-order valence-corrected chi connectivity index (χ4v) is 10.6. The van der Waals surface area contributed by atoms with E-state index < -0.39 is 40.0 Å². The second-order valence-electron chi connectivity index (χ2n) is 20.2. The van der Waals surface area contributed by atoms with Crippen LogP contribution in [0.3, 0.4) is 0 Å². The Hall–Kier alpha value is -8.92. The number of aryl methyl sites for hydroxylation is 2. The molecule has 2 fully saturated rings. The summed E-state index contributed by atoms with van der Waals surface area (Å²) < 4.78 is 51.9. The Morgan fingerprint density at radius 1 is 0.662 bits per heavy atom. The first-order chi connectivity index (χ1) is 38.4. The SMILES string of the molecule is CC(C)(C)OC(=O)N1CCC(c2cnccn2)C1.CCOC(=O)c1c(=O)c2cc(F)c(Cl)nc2n2c3ccccc3n(C)c12.CCOC(=O)c1c(=O)c2cc(F)c(N3CCC(c4cnccn4)C3)nc2n2c3ccccc3n(C)c12. The first kappa shape index (κ1) is 54.4. The second kappa shape index (κ2) is 22.1. The number of carbonyl (C=O) groups is 3. The normalized spacial score (nSPS) is 15.4. The molecule has 10 aromatic rings. The zero-order valence-corrected chi connectivity index (χ0v) is 45.6. The number of amides is 1. The molecule has 2 aliphatic heterocycles. The third-order valence-corrected chi connectivity index (χ3v) is 14.2. The summed E-state index contributed by atoms with van der Waals surface area (Å²) >= 11 is 5.85. The van der Waals surface area contributed by atoms with Crippen molar-refractivity contribution in [3.63, 3.8) is 0 Å². The summed E-state index contributed by atoms with van der Waals surface area (Å²) in [5, 5.41) is -0.357. The number of rotatable bonds is 7. The fraction of sp³-hybridized carbons (Fsp3) is 0.316. The lowest BCUT2D eigenvalue weighted by molar-refractivity contribution is 0.0291. The molecule has 2 aliphatic rings. The molecule has 2 unspecified atom stereocenters. The predicted octanol–water partition coefficient (Wildman–Crippen LogP) is 8.95. The molecule has 10 heterocycles. The number of fused-ring (bicyclic) bond motifs is 10. The van der Waals surface area contributed by atoms with Gasteiger partial charge in [0.15, 0.2) is 33.9 Å². The van der Waals surface area contributed by atoms with Crippen LogP contribution in [0.1, 0.15) is 91.4 Å². The topological polar surface area (TPSA) is 216 Å². The summed E-state index contributed by atoms with van der Waals surface area (Å²) in [4.78, 5) is 93.1. The molecular weight excluding hydrogens is 1050 g/mol. The van der Waals surface area contributed by atoms with Gasteiger partial charge >= 0.3 is 18.0 Å². The molecule has 2 saturated heterocycles. The summed E-state index contributed by atoms with van der Waals surface area (Å²) in [5.74, 6) is -2.42. The van der Waals surface area contributed by atoms with Crippen LogP contribution in [-0.2, 0) is 28.3 Å². The summed E-state index contributed by atoms with van der Waals surface area (Å²) in [5.41, 5.74) is 3.97. The number of carbonyl (C=O) groups excluding carboxylic acids is 3. The molecule has 0 saturated carbocycles. The van der Waals surface area contributed by atoms with E-state index in [1.807, 2.05) is 74.2 Å². The number of esters is 2. The summed E-state index contributed by atoms with van der Waals surface area (Å²) in [7, 11) is 3.51. The van der Waals surface area contributed by atoms with Crippen LogP contribution in [-0.4, -0.2) is 116 Å². The third-order valence-electron chi connectivity index (χ3n) is 14.0. The van der Waals surface area contributed by atoms with Gasteiger partial charge in [-0.15, -0.1) is 0 Å². The Morgan fingerprint density at radius 3 is 1.62 bits per heavy atom. The standard InChI is InChI=1S/C26H23FN6O3.C18H13ClFN3O3.C13H19N3O2/c1-3-36-26(35)21-22(34)16-12-17(27)24(32-11-8-15(14-32)18-13-28-9-10-29-18)30-23(16)33-20-7-5-4-6-19(20)31(2)25(21)33;1-3-26-18(25)13-14(24)9-8-10(20)15(19)21-16(9)23-12-7-5-4-6-11(12)22(2)17(13)23;1-13(2,3)18-12(17)16-7-4-10(9-16)11-8-14-5-6-15-11/h4-7,9-10,12-13,15H,3,8,11,14H2,1-2H3;4-8H,3H2,1-2H3;5-6,8,10H,4,7,9H2,1-3H3. The number of hydrogen-bond acceptors (Lipinski definition) is 15. The van der Waals surface area contributed by atoms with Crippen LogP contribution in [0, 0.1) is 11.6 Å². The van der Waals surface area contributed by atoms with Crippen LogP contribution in [0.15, 0.2) is 107 Å². The summed E-state index contributed by atoms with van der Waals surface area (Å²) in [6.07, 6.45) is 11.6. The van der Waals surface area contributed by atoms with Gasteiger partial charge in [-0.25, -0.2) is 33.1 Å². The summed E-state index contributed by atoms with van der Waals surface area (Å²) in [6.45, 7) is 11.7. The molecule has 0 radical (unpaired) electrons. The van der Waals surface area contributed by atoms with Gasteiger partial charge in [0, 0.05) is 89.3 Å². The molecular formula is C57H55ClF2N12O8. The molecule has 412 valence electrons. The molecule has 1 amide bonds. The molecule has 0 N–H and O–H groups in total. The fourth-order valence-electron chi connectivity index (χ4n) is 10.4. The third kappa shape index (κ3) is 10.1. The van der Waals surface area contributed by atoms with Gasteiger partial charge in [0.05, 0.1) is 57.4 Å². The van der Waals surface area contributed by atoms with Crippen LogP contribution in [0.5, 0.6) is 0 Å². The molecule has 2 aromatic carbocycles. The van der Waals surface area contributed by atoms with E-state index in [4.69, 9.17) is 30.8 Å². The largest absolute Gasteiger partial charge is 0.462 e. The number of aromatic nitrogens is 10. The number of nitrogens with zero attached hydrogens (tertiary/aromatic N) is 12. The summed E-state index contributed by atoms with van der Waals surface area (Å²) in [6, 6.07) is 17.0. The van der Waals surface area contributed by atoms with Crippen molar-refractivity contribution < 1.29 is 37.4 Å². The quantitative estimate of drug-likeness (QED) is 0.0827. The van der Waals surface area contributed by atoms with Gasteiger partial charge in [0.1, 0.15) is 28.0 Å². The molecule has 23 heteroatoms. The average Bonchev–Trinajstić information content (AvgIpc) is 4.42. The Labute approximate surface area is 460 Å². The van der Waals surface area contributed by atoms with Crippen molar-refractivity contribution in [3.8, 4) is 0 Å². The van der Waals surface area contributed by atoms with Crippen molar-refractivity contribution in [2.24, 2.45) is 14.1 Å². The highest BCUT2D eigenvalue weighted by atomic mass is 35.5. The first-order valence-electron chi connectivity index (χ1n) is 25.9. The van der Waals surface area contributed by atoms with Crippen molar-refractivity contribution in [1.29, 1.82) is 0 Å². The minimum absolute atomic E-state index is 0.0258. The van der Waals surface area contributed by atoms with E-state index in [1.165, 1.54) is 6.07 Å². The van der Waals surface area contributed by atoms with Gasteiger partial charge in [-0.05, 0) is 83.9 Å². The molecule has 80 heavy (non-hydrogen) atoms. The van der Waals surface area contributed by atoms with Crippen LogP contribution < -0.4 is 15.8 Å². The number of para-hydroxylation sites is 4. The lowest BCUT2D eigenvalue weighted by atomic mass is 10.1. The number of anilines is 1. The molecule has 2 atom stereocenters. The predicted molar refractivity (Wildman–Crippen MR) is 297 cm³/mol. The first-order valence-corrected chi connectivity index (χ1v) is 26.3. The zero-order chi connectivity index (χ0) is 56.7. The lowest BCUT2D eigenvalue weighted by Crippen LogP contribution is -2.35. The highest BCUT2D eigenvalue weighted by Gasteiger charge is 2.33. The van der Waals surface area contributed by atoms with Gasteiger partial charge in [-0.2, -0.15) is 0 Å². The number of pyridine rings is 4. The number of hydrogen-bond donors (Lipinski definition) is 0. The number of halogens is 3. The maximum absolute atomic E-state index is 15.5. The van der Waals surface area contributed by atoms with E-state index in [-0.39, 0.29) is 69.7 Å². The number of benzene rings is 2. The molecule has 0 spiro atoms. The van der Waals surface area contributed by atoms with Crippen molar-refractivity contribution >= 4 is 90.9 Å². The monoisotopic (exact) mass is 1110 g/mol. The smallest absolute Gasteiger partial charge is 0.410 e. The highest BCUT2D eigenvalue weighted by Crippen LogP contribution is 2.34. The van der Waals surface area contributed by atoms with Crippen molar-refractivity contribution in [2.75, 3.05) is 44.3 Å². The van der Waals surface area contributed by atoms with Crippen molar-refractivity contribution in [3.05, 3.63) is 158 Å². The van der Waals surface area contributed by atoms with Crippen LogP contribution in [0.2, 0.25) is 5.15 Å². The van der Waals surface area contributed by atoms with E-state index in [0.717, 1.165) is 53.4 Å². The van der Waals surface area contributed by atoms with E-state index in [1.54, 1.807) is 88.0 Å². The Balaban J connectivity index is 0.000000144. The van der Waals surface area contributed by atoms with Crippen molar-refractivity contribution in [1.82, 2.24) is 52.7 Å². The van der Waals surface area contributed by atoms with Gasteiger partial charge in [-0.3, -0.25) is 38.3 Å². The van der Waals surface area contributed by atoms with E-state index in [2.05, 4.69) is 24.9 Å². The Kier molecular flexibility index (Phi) is 15.0. The zero-order valence-electron chi connectivity index (χ0n) is 44.8. The molecule has 0 bridgehead atoms. The highest BCUT2D eigenvalue weighted by molar-refractivity contribution is 6.30. The van der Waals surface area contributed by atoms with Crippen LogP contribution >= 0.6 is 11.6 Å².